The number of sulfonamides is 1. The molecule has 9 nitrogen and oxygen atoms in total. The first kappa shape index (κ1) is 21.2. The van der Waals surface area contributed by atoms with Crippen LogP contribution in [0.25, 0.3) is 11.0 Å². The second-order valence-electron chi connectivity index (χ2n) is 6.82. The number of amides is 1. The van der Waals surface area contributed by atoms with E-state index in [1.54, 1.807) is 18.2 Å². The van der Waals surface area contributed by atoms with Crippen molar-refractivity contribution in [3.63, 3.8) is 0 Å². The molecule has 0 saturated heterocycles. The van der Waals surface area contributed by atoms with Crippen LogP contribution in [0.2, 0.25) is 0 Å². The van der Waals surface area contributed by atoms with E-state index in [1.165, 1.54) is 36.7 Å². The summed E-state index contributed by atoms with van der Waals surface area (Å²) in [6, 6.07) is 13.4. The van der Waals surface area contributed by atoms with Gasteiger partial charge in [-0.05, 0) is 54.4 Å². The average molecular weight is 450 g/mol. The fourth-order valence-electron chi connectivity index (χ4n) is 2.98. The lowest BCUT2D eigenvalue weighted by atomic mass is 10.1. The summed E-state index contributed by atoms with van der Waals surface area (Å²) in [5.74, 6) is -0.830. The Morgan fingerprint density at radius 3 is 2.44 bits per heavy atom. The second-order valence-corrected chi connectivity index (χ2v) is 8.50. The van der Waals surface area contributed by atoms with Crippen molar-refractivity contribution in [3.8, 4) is 0 Å². The number of anilines is 2. The van der Waals surface area contributed by atoms with Gasteiger partial charge in [0.15, 0.2) is 11.2 Å². The molecule has 1 amide bonds. The Balaban J connectivity index is 1.52. The molecule has 0 radical (unpaired) electrons. The number of hydrogen-bond acceptors (Lipinski definition) is 7. The van der Waals surface area contributed by atoms with E-state index in [4.69, 9.17) is 4.42 Å². The van der Waals surface area contributed by atoms with Gasteiger partial charge in [-0.25, -0.2) is 23.1 Å². The molecule has 2 heterocycles. The molecular weight excluding hydrogens is 432 g/mol. The molecule has 32 heavy (non-hydrogen) atoms. The molecule has 162 valence electrons. The summed E-state index contributed by atoms with van der Waals surface area (Å²) < 4.78 is 32.7. The first-order valence-electron chi connectivity index (χ1n) is 9.64. The van der Waals surface area contributed by atoms with Gasteiger partial charge in [0.05, 0.1) is 10.3 Å². The van der Waals surface area contributed by atoms with Gasteiger partial charge in [0, 0.05) is 24.1 Å². The van der Waals surface area contributed by atoms with Crippen LogP contribution in [0.3, 0.4) is 0 Å². The molecule has 4 rings (SSSR count). The number of aromatic nitrogens is 2. The van der Waals surface area contributed by atoms with Gasteiger partial charge >= 0.3 is 0 Å². The van der Waals surface area contributed by atoms with E-state index in [0.717, 1.165) is 18.1 Å². The monoisotopic (exact) mass is 450 g/mol. The van der Waals surface area contributed by atoms with Crippen LogP contribution in [0.5, 0.6) is 0 Å². The molecule has 0 unspecified atom stereocenters. The zero-order valence-electron chi connectivity index (χ0n) is 16.9. The largest absolute Gasteiger partial charge is 0.451 e. The van der Waals surface area contributed by atoms with Crippen molar-refractivity contribution in [2.24, 2.45) is 0 Å². The lowest BCUT2D eigenvalue weighted by molar-refractivity contribution is 0.0997. The van der Waals surface area contributed by atoms with Crippen molar-refractivity contribution in [1.82, 2.24) is 9.97 Å². The summed E-state index contributed by atoms with van der Waals surface area (Å²) in [5, 5.41) is 3.00. The van der Waals surface area contributed by atoms with Crippen molar-refractivity contribution in [2.45, 2.75) is 18.2 Å². The lowest BCUT2D eigenvalue weighted by Gasteiger charge is -2.08. The van der Waals surface area contributed by atoms with Gasteiger partial charge in [-0.15, -0.1) is 0 Å². The zero-order chi connectivity index (χ0) is 22.7. The van der Waals surface area contributed by atoms with Gasteiger partial charge in [0.1, 0.15) is 5.58 Å². The Morgan fingerprint density at radius 1 is 1.03 bits per heavy atom. The number of hydrogen-bond donors (Lipinski definition) is 2. The summed E-state index contributed by atoms with van der Waals surface area (Å²) in [4.78, 5) is 32.6. The molecule has 4 aromatic rings. The van der Waals surface area contributed by atoms with Crippen LogP contribution < -0.4 is 15.5 Å². The van der Waals surface area contributed by atoms with Crippen LogP contribution in [0.4, 0.5) is 11.6 Å². The maximum Gasteiger partial charge on any atom is 0.291 e. The molecule has 0 saturated carbocycles. The molecule has 10 heteroatoms. The maximum atomic E-state index is 12.6. The minimum Gasteiger partial charge on any atom is -0.451 e. The molecule has 0 aliphatic carbocycles. The SMILES string of the molecule is CCc1ccc2oc(C(=O)Nc3ccc(S(=O)(=O)Nc4ncccn4)cc3)cc(=O)c2c1. The van der Waals surface area contributed by atoms with Crippen LogP contribution in [-0.4, -0.2) is 24.3 Å². The summed E-state index contributed by atoms with van der Waals surface area (Å²) in [6.07, 6.45) is 3.60. The van der Waals surface area contributed by atoms with Gasteiger partial charge in [-0.3, -0.25) is 9.59 Å². The predicted molar refractivity (Wildman–Crippen MR) is 119 cm³/mol. The Hall–Kier alpha value is -4.05. The topological polar surface area (TPSA) is 131 Å². The van der Waals surface area contributed by atoms with E-state index in [0.29, 0.717) is 16.7 Å². The first-order chi connectivity index (χ1) is 15.4. The number of carbonyl (C=O) groups is 1. The minimum atomic E-state index is -3.89. The van der Waals surface area contributed by atoms with Crippen molar-refractivity contribution in [1.29, 1.82) is 0 Å². The standard InChI is InChI=1S/C22H18N4O5S/c1-2-14-4-9-19-17(12-14)18(27)13-20(31-19)21(28)25-15-5-7-16(8-6-15)32(29,30)26-22-23-10-3-11-24-22/h3-13H,2H2,1H3,(H,25,28)(H,23,24,26). The van der Waals surface area contributed by atoms with Crippen LogP contribution in [-0.2, 0) is 16.4 Å². The van der Waals surface area contributed by atoms with Gasteiger partial charge in [-0.1, -0.05) is 13.0 Å². The number of carbonyl (C=O) groups excluding carboxylic acids is 1. The number of aryl methyl sites for hydroxylation is 1. The Labute approximate surface area is 183 Å². The maximum absolute atomic E-state index is 12.6. The highest BCUT2D eigenvalue weighted by Gasteiger charge is 2.17. The van der Waals surface area contributed by atoms with Crippen LogP contribution in [0.1, 0.15) is 23.0 Å². The number of benzene rings is 2. The highest BCUT2D eigenvalue weighted by atomic mass is 32.2. The third-order valence-electron chi connectivity index (χ3n) is 4.64. The van der Waals surface area contributed by atoms with Crippen molar-refractivity contribution in [2.75, 3.05) is 10.0 Å². The minimum absolute atomic E-state index is 0.0353. The molecule has 2 aromatic heterocycles. The van der Waals surface area contributed by atoms with Crippen molar-refractivity contribution >= 4 is 38.5 Å². The van der Waals surface area contributed by atoms with Crippen molar-refractivity contribution < 1.29 is 17.6 Å². The molecule has 0 bridgehead atoms. The molecule has 2 aromatic carbocycles. The predicted octanol–water partition coefficient (Wildman–Crippen LogP) is 3.20. The fraction of sp³-hybridized carbons (Fsp3) is 0.0909. The Bertz CT molecular complexity index is 1450. The third-order valence-corrected chi connectivity index (χ3v) is 5.98. The summed E-state index contributed by atoms with van der Waals surface area (Å²) in [6.45, 7) is 1.98. The smallest absolute Gasteiger partial charge is 0.291 e. The molecule has 0 aliphatic heterocycles. The molecule has 0 aliphatic rings. The second kappa shape index (κ2) is 8.60. The molecule has 0 fully saturated rings. The fourth-order valence-corrected chi connectivity index (χ4v) is 3.93. The normalized spacial score (nSPS) is 11.3. The van der Waals surface area contributed by atoms with Gasteiger partial charge in [-0.2, -0.15) is 0 Å². The van der Waals surface area contributed by atoms with Crippen molar-refractivity contribution in [3.05, 3.63) is 88.5 Å². The number of nitrogens with zero attached hydrogens (tertiary/aromatic N) is 2. The molecule has 0 spiro atoms. The zero-order valence-corrected chi connectivity index (χ0v) is 17.7. The summed E-state index contributed by atoms with van der Waals surface area (Å²) >= 11 is 0. The van der Waals surface area contributed by atoms with Crippen LogP contribution in [0.15, 0.2) is 81.1 Å². The quantitative estimate of drug-likeness (QED) is 0.461. The third kappa shape index (κ3) is 4.49. The highest BCUT2D eigenvalue weighted by Crippen LogP contribution is 2.19. The average Bonchev–Trinajstić information content (AvgIpc) is 2.79. The van der Waals surface area contributed by atoms with Gasteiger partial charge in [0.2, 0.25) is 5.95 Å². The highest BCUT2D eigenvalue weighted by molar-refractivity contribution is 7.92. The molecule has 0 atom stereocenters. The van der Waals surface area contributed by atoms with Crippen LogP contribution >= 0.6 is 0 Å². The number of nitrogens with one attached hydrogen (secondary N) is 2. The van der Waals surface area contributed by atoms with Crippen LogP contribution in [0, 0.1) is 0 Å². The first-order valence-corrected chi connectivity index (χ1v) is 11.1. The summed E-state index contributed by atoms with van der Waals surface area (Å²) in [7, 11) is -3.89. The van der Waals surface area contributed by atoms with E-state index in [-0.39, 0.29) is 22.0 Å². The van der Waals surface area contributed by atoms with E-state index in [2.05, 4.69) is 20.0 Å². The summed E-state index contributed by atoms with van der Waals surface area (Å²) in [5.41, 5.74) is 1.32. The van der Waals surface area contributed by atoms with E-state index in [1.807, 2.05) is 13.0 Å². The van der Waals surface area contributed by atoms with E-state index < -0.39 is 15.9 Å². The van der Waals surface area contributed by atoms with Gasteiger partial charge < -0.3 is 9.73 Å². The van der Waals surface area contributed by atoms with Gasteiger partial charge in [0.25, 0.3) is 15.9 Å². The lowest BCUT2D eigenvalue weighted by Crippen LogP contribution is -2.16. The number of fused-ring (bicyclic) bond motifs is 1. The number of rotatable bonds is 6. The molecule has 2 N–H and O–H groups in total. The molecular formula is C22H18N4O5S. The van der Waals surface area contributed by atoms with E-state index in [9.17, 15) is 18.0 Å². The Morgan fingerprint density at radius 2 is 1.75 bits per heavy atom. The van der Waals surface area contributed by atoms with E-state index >= 15 is 0 Å². The Kier molecular flexibility index (Phi) is 5.69.